The molecule has 0 fully saturated rings. The molecule has 0 amide bonds. The number of carboxylic acid groups (broad SMARTS) is 1. The normalized spacial score (nSPS) is 19.2. The number of carbonyl (C=O) groups excluding carboxylic acids is 1. The maximum absolute atomic E-state index is 11.4. The number of aliphatic hydroxyl groups excluding tert-OH is 1. The molecule has 0 aromatic rings. The molecule has 0 heterocycles. The van der Waals surface area contributed by atoms with Crippen molar-refractivity contribution >= 4 is 12.3 Å². The molecule has 1 aliphatic carbocycles. The topological polar surface area (TPSA) is 101 Å². The number of rotatable bonds is 16. The number of aliphatic carboxylic acids is 1. The number of aliphatic hydroxyl groups is 1. The number of carbonyl (C=O) groups is 2. The van der Waals surface area contributed by atoms with Crippen LogP contribution in [0.2, 0.25) is 0 Å². The molecule has 0 radical (unpaired) electrons. The number of hydrogen-bond acceptors (Lipinski definition) is 4. The van der Waals surface area contributed by atoms with Crippen molar-refractivity contribution < 1.29 is 19.8 Å². The van der Waals surface area contributed by atoms with Crippen LogP contribution in [0.5, 0.6) is 0 Å². The highest BCUT2D eigenvalue weighted by atomic mass is 16.4. The lowest BCUT2D eigenvalue weighted by molar-refractivity contribution is -0.138. The van der Waals surface area contributed by atoms with Crippen LogP contribution >= 0.6 is 0 Å². The zero-order chi connectivity index (χ0) is 19.9. The molecule has 0 aromatic heterocycles. The van der Waals surface area contributed by atoms with Gasteiger partial charge in [-0.05, 0) is 51.0 Å². The van der Waals surface area contributed by atoms with Crippen LogP contribution in [0.4, 0.5) is 0 Å². The maximum Gasteiger partial charge on any atom is 0.304 e. The van der Waals surface area contributed by atoms with Gasteiger partial charge in [0, 0.05) is 18.4 Å². The van der Waals surface area contributed by atoms with Crippen LogP contribution < -0.4 is 5.73 Å². The fourth-order valence-corrected chi connectivity index (χ4v) is 3.81. The van der Waals surface area contributed by atoms with Crippen molar-refractivity contribution in [1.29, 1.82) is 0 Å². The predicted molar refractivity (Wildman–Crippen MR) is 108 cm³/mol. The number of unbranched alkanes of at least 4 members (excludes halogenated alkanes) is 5. The summed E-state index contributed by atoms with van der Waals surface area (Å²) in [6.45, 7) is 0.574. The minimum Gasteiger partial charge on any atom is -0.481 e. The molecular weight excluding hydrogens is 342 g/mol. The van der Waals surface area contributed by atoms with Gasteiger partial charge in [0.2, 0.25) is 0 Å². The van der Waals surface area contributed by atoms with Crippen LogP contribution in [0.15, 0.2) is 23.8 Å². The first-order valence-corrected chi connectivity index (χ1v) is 10.4. The maximum atomic E-state index is 11.4. The SMILES string of the molecule is NCCC1=C[C@@H]([C@@H](C=O)CCCCCCC/C=C/[C@H](CO)CC(=O)O)CC1. The molecule has 0 aromatic carbocycles. The van der Waals surface area contributed by atoms with E-state index in [4.69, 9.17) is 15.9 Å². The lowest BCUT2D eigenvalue weighted by Crippen LogP contribution is -2.12. The smallest absolute Gasteiger partial charge is 0.304 e. The Hall–Kier alpha value is -1.46. The highest BCUT2D eigenvalue weighted by Crippen LogP contribution is 2.33. The summed E-state index contributed by atoms with van der Waals surface area (Å²) < 4.78 is 0. The Kier molecular flexibility index (Phi) is 12.7. The van der Waals surface area contributed by atoms with E-state index in [2.05, 4.69) is 6.08 Å². The summed E-state index contributed by atoms with van der Waals surface area (Å²) in [4.78, 5) is 22.1. The monoisotopic (exact) mass is 379 g/mol. The van der Waals surface area contributed by atoms with E-state index in [-0.39, 0.29) is 24.9 Å². The third-order valence-corrected chi connectivity index (χ3v) is 5.43. The zero-order valence-electron chi connectivity index (χ0n) is 16.5. The van der Waals surface area contributed by atoms with Crippen LogP contribution in [0.25, 0.3) is 0 Å². The van der Waals surface area contributed by atoms with Gasteiger partial charge >= 0.3 is 5.97 Å². The van der Waals surface area contributed by atoms with Gasteiger partial charge in [-0.1, -0.05) is 49.5 Å². The van der Waals surface area contributed by atoms with E-state index in [1.165, 1.54) is 5.57 Å². The van der Waals surface area contributed by atoms with E-state index in [1.807, 2.05) is 12.2 Å². The van der Waals surface area contributed by atoms with Crippen LogP contribution in [0, 0.1) is 17.8 Å². The van der Waals surface area contributed by atoms with E-state index in [1.54, 1.807) is 0 Å². The van der Waals surface area contributed by atoms with Crippen LogP contribution in [-0.2, 0) is 9.59 Å². The summed E-state index contributed by atoms with van der Waals surface area (Å²) in [5.41, 5.74) is 7.04. The van der Waals surface area contributed by atoms with Gasteiger partial charge in [0.25, 0.3) is 0 Å². The highest BCUT2D eigenvalue weighted by Gasteiger charge is 2.23. The highest BCUT2D eigenvalue weighted by molar-refractivity contribution is 5.67. The van der Waals surface area contributed by atoms with Crippen molar-refractivity contribution in [2.45, 2.75) is 70.6 Å². The summed E-state index contributed by atoms with van der Waals surface area (Å²) in [6, 6.07) is 0. The third kappa shape index (κ3) is 10.5. The number of allylic oxidation sites excluding steroid dienone is 2. The second-order valence-corrected chi connectivity index (χ2v) is 7.68. The molecule has 0 spiro atoms. The quantitative estimate of drug-likeness (QED) is 0.215. The molecular formula is C22H37NO4. The summed E-state index contributed by atoms with van der Waals surface area (Å²) >= 11 is 0. The molecule has 0 saturated carbocycles. The Balaban J connectivity index is 2.09. The number of hydrogen-bond donors (Lipinski definition) is 3. The van der Waals surface area contributed by atoms with Crippen LogP contribution in [-0.4, -0.2) is 35.6 Å². The minimum absolute atomic E-state index is 0.0191. The predicted octanol–water partition coefficient (Wildman–Crippen LogP) is 3.86. The van der Waals surface area contributed by atoms with Crippen molar-refractivity contribution in [3.63, 3.8) is 0 Å². The van der Waals surface area contributed by atoms with E-state index >= 15 is 0 Å². The van der Waals surface area contributed by atoms with Crippen LogP contribution in [0.3, 0.4) is 0 Å². The van der Waals surface area contributed by atoms with Crippen LogP contribution in [0.1, 0.15) is 70.6 Å². The summed E-state index contributed by atoms with van der Waals surface area (Å²) in [7, 11) is 0. The van der Waals surface area contributed by atoms with Gasteiger partial charge in [0.05, 0.1) is 6.42 Å². The van der Waals surface area contributed by atoms with E-state index < -0.39 is 5.97 Å². The van der Waals surface area contributed by atoms with E-state index in [0.29, 0.717) is 12.5 Å². The lowest BCUT2D eigenvalue weighted by atomic mass is 9.88. The molecule has 154 valence electrons. The minimum atomic E-state index is -0.879. The van der Waals surface area contributed by atoms with Gasteiger partial charge in [0.15, 0.2) is 0 Å². The number of aldehydes is 1. The molecule has 27 heavy (non-hydrogen) atoms. The molecule has 4 N–H and O–H groups in total. The largest absolute Gasteiger partial charge is 0.481 e. The second-order valence-electron chi connectivity index (χ2n) is 7.68. The first-order valence-electron chi connectivity index (χ1n) is 10.4. The Morgan fingerprint density at radius 3 is 2.67 bits per heavy atom. The first kappa shape index (κ1) is 23.6. The molecule has 5 nitrogen and oxygen atoms in total. The summed E-state index contributed by atoms with van der Waals surface area (Å²) in [6.07, 6.45) is 17.9. The number of carboxylic acids is 1. The average molecular weight is 380 g/mol. The summed E-state index contributed by atoms with van der Waals surface area (Å²) in [5, 5.41) is 17.8. The Morgan fingerprint density at radius 2 is 2.00 bits per heavy atom. The Bertz CT molecular complexity index is 487. The average Bonchev–Trinajstić information content (AvgIpc) is 3.10. The first-order chi connectivity index (χ1) is 13.1. The van der Waals surface area contributed by atoms with Gasteiger partial charge in [-0.15, -0.1) is 0 Å². The van der Waals surface area contributed by atoms with E-state index in [9.17, 15) is 9.59 Å². The van der Waals surface area contributed by atoms with Gasteiger partial charge in [-0.3, -0.25) is 4.79 Å². The molecule has 1 rings (SSSR count). The van der Waals surface area contributed by atoms with Gasteiger partial charge in [-0.2, -0.15) is 0 Å². The van der Waals surface area contributed by atoms with Gasteiger partial charge in [-0.25, -0.2) is 0 Å². The molecule has 5 heteroatoms. The zero-order valence-corrected chi connectivity index (χ0v) is 16.5. The van der Waals surface area contributed by atoms with E-state index in [0.717, 1.165) is 70.5 Å². The van der Waals surface area contributed by atoms with Crippen molar-refractivity contribution in [3.8, 4) is 0 Å². The summed E-state index contributed by atoms with van der Waals surface area (Å²) in [5.74, 6) is -0.582. The van der Waals surface area contributed by atoms with Crippen molar-refractivity contribution in [2.24, 2.45) is 23.5 Å². The van der Waals surface area contributed by atoms with Crippen molar-refractivity contribution in [3.05, 3.63) is 23.8 Å². The fourth-order valence-electron chi connectivity index (χ4n) is 3.81. The molecule has 0 aliphatic heterocycles. The third-order valence-electron chi connectivity index (χ3n) is 5.43. The van der Waals surface area contributed by atoms with Crippen molar-refractivity contribution in [2.75, 3.05) is 13.2 Å². The molecule has 0 unspecified atom stereocenters. The lowest BCUT2D eigenvalue weighted by Gasteiger charge is -2.15. The second kappa shape index (κ2) is 14.6. The Morgan fingerprint density at radius 1 is 1.26 bits per heavy atom. The number of nitrogens with two attached hydrogens (primary N) is 1. The molecule has 3 atom stereocenters. The standard InChI is InChI=1S/C22H37NO4/c23-13-12-18-10-11-20(14-18)21(17-25)9-7-5-3-1-2-4-6-8-19(16-24)15-22(26)27/h6,8,14,17,19-21,24H,1-5,7,9-13,15-16,23H2,(H,26,27)/b8-6+/t19-,20-,21+/m0/s1. The van der Waals surface area contributed by atoms with Gasteiger partial charge in [0.1, 0.15) is 6.29 Å². The molecule has 0 bridgehead atoms. The Labute approximate surface area is 163 Å². The van der Waals surface area contributed by atoms with Crippen molar-refractivity contribution in [1.82, 2.24) is 0 Å². The molecule has 1 aliphatic rings. The fraction of sp³-hybridized carbons (Fsp3) is 0.727. The van der Waals surface area contributed by atoms with Gasteiger partial charge < -0.3 is 20.7 Å². The molecule has 0 saturated heterocycles.